The van der Waals surface area contributed by atoms with Gasteiger partial charge in [0.05, 0.1) is 12.2 Å². The largest absolute Gasteiger partial charge is 0.486 e. The Bertz CT molecular complexity index is 1090. The van der Waals surface area contributed by atoms with Gasteiger partial charge < -0.3 is 25.0 Å². The van der Waals surface area contributed by atoms with Crippen LogP contribution in [0.2, 0.25) is 0 Å². The van der Waals surface area contributed by atoms with Crippen LogP contribution in [-0.4, -0.2) is 53.8 Å². The molecule has 31 heavy (non-hydrogen) atoms. The van der Waals surface area contributed by atoms with Gasteiger partial charge in [0.15, 0.2) is 6.23 Å². The van der Waals surface area contributed by atoms with Crippen LogP contribution in [0.25, 0.3) is 0 Å². The SMILES string of the molecule is CC1(C)Cc2cccc(C(=O)Nc3ccn(C4O[C@H](CO)[C@@H](O)C4(F)I)c(=O)n3)c2O1. The minimum absolute atomic E-state index is 0.0312. The average molecular weight is 545 g/mol. The number of anilines is 1. The van der Waals surface area contributed by atoms with Crippen molar-refractivity contribution in [2.75, 3.05) is 11.9 Å². The van der Waals surface area contributed by atoms with Crippen molar-refractivity contribution >= 4 is 34.3 Å². The molecule has 2 aliphatic heterocycles. The molecule has 0 radical (unpaired) electrons. The zero-order chi connectivity index (χ0) is 22.6. The molecular weight excluding hydrogens is 524 g/mol. The van der Waals surface area contributed by atoms with E-state index in [1.165, 1.54) is 34.9 Å². The molecule has 2 aromatic rings. The summed E-state index contributed by atoms with van der Waals surface area (Å²) < 4.78 is 24.6. The fraction of sp³-hybridized carbons (Fsp3) is 0.450. The van der Waals surface area contributed by atoms with E-state index in [4.69, 9.17) is 9.47 Å². The van der Waals surface area contributed by atoms with Gasteiger partial charge in [-0.25, -0.2) is 9.18 Å². The lowest BCUT2D eigenvalue weighted by Crippen LogP contribution is -2.40. The van der Waals surface area contributed by atoms with Gasteiger partial charge >= 0.3 is 5.69 Å². The van der Waals surface area contributed by atoms with E-state index in [9.17, 15) is 24.2 Å². The highest BCUT2D eigenvalue weighted by atomic mass is 127. The fourth-order valence-corrected chi connectivity index (χ4v) is 4.61. The summed E-state index contributed by atoms with van der Waals surface area (Å²) >= 11 is 1.34. The molecule has 166 valence electrons. The van der Waals surface area contributed by atoms with Crippen LogP contribution in [0.1, 0.15) is 36.0 Å². The minimum atomic E-state index is -2.35. The van der Waals surface area contributed by atoms with Gasteiger partial charge in [-0.3, -0.25) is 9.36 Å². The molecule has 0 aliphatic carbocycles. The van der Waals surface area contributed by atoms with Crippen LogP contribution in [0.15, 0.2) is 35.3 Å². The number of para-hydroxylation sites is 1. The molecule has 1 aromatic carbocycles. The number of carbonyl (C=O) groups is 1. The number of benzene rings is 1. The number of ether oxygens (including phenoxy) is 2. The zero-order valence-electron chi connectivity index (χ0n) is 16.7. The van der Waals surface area contributed by atoms with E-state index < -0.39 is 45.9 Å². The number of nitrogens with one attached hydrogen (secondary N) is 1. The van der Waals surface area contributed by atoms with Gasteiger partial charge in [-0.2, -0.15) is 4.98 Å². The summed E-state index contributed by atoms with van der Waals surface area (Å²) in [5.74, 6) is -0.0362. The molecule has 0 bridgehead atoms. The van der Waals surface area contributed by atoms with E-state index >= 15 is 0 Å². The Labute approximate surface area is 190 Å². The lowest BCUT2D eigenvalue weighted by molar-refractivity contribution is -0.0499. The van der Waals surface area contributed by atoms with Crippen LogP contribution >= 0.6 is 22.6 Å². The molecule has 2 aliphatic rings. The first-order valence-corrected chi connectivity index (χ1v) is 10.6. The van der Waals surface area contributed by atoms with Crippen molar-refractivity contribution in [2.45, 2.75) is 48.0 Å². The number of aliphatic hydroxyl groups excluding tert-OH is 2. The molecule has 1 amide bonds. The predicted molar refractivity (Wildman–Crippen MR) is 116 cm³/mol. The summed E-state index contributed by atoms with van der Waals surface area (Å²) in [5.41, 5.74) is -0.0774. The Morgan fingerprint density at radius 2 is 2.16 bits per heavy atom. The summed E-state index contributed by atoms with van der Waals surface area (Å²) in [6.07, 6.45) is -2.41. The second-order valence-corrected chi connectivity index (χ2v) is 9.77. The minimum Gasteiger partial charge on any atom is -0.486 e. The first kappa shape index (κ1) is 22.1. The van der Waals surface area contributed by atoms with Gasteiger partial charge in [0.25, 0.3) is 5.91 Å². The molecule has 4 rings (SSSR count). The smallest absolute Gasteiger partial charge is 0.351 e. The first-order chi connectivity index (χ1) is 14.5. The average Bonchev–Trinajstić information content (AvgIpc) is 3.13. The summed E-state index contributed by atoms with van der Waals surface area (Å²) in [6.45, 7) is 3.25. The number of hydrogen-bond acceptors (Lipinski definition) is 7. The molecule has 4 atom stereocenters. The van der Waals surface area contributed by atoms with Crippen molar-refractivity contribution in [1.29, 1.82) is 0 Å². The number of halogens is 2. The van der Waals surface area contributed by atoms with Gasteiger partial charge in [0.1, 0.15) is 29.4 Å². The zero-order valence-corrected chi connectivity index (χ0v) is 18.9. The topological polar surface area (TPSA) is 123 Å². The van der Waals surface area contributed by atoms with E-state index in [2.05, 4.69) is 10.3 Å². The molecule has 11 heteroatoms. The number of amides is 1. The highest BCUT2D eigenvalue weighted by Crippen LogP contribution is 2.45. The second-order valence-electron chi connectivity index (χ2n) is 8.12. The highest BCUT2D eigenvalue weighted by Gasteiger charge is 2.56. The van der Waals surface area contributed by atoms with Crippen molar-refractivity contribution in [2.24, 2.45) is 0 Å². The van der Waals surface area contributed by atoms with Crippen LogP contribution in [-0.2, 0) is 11.2 Å². The van der Waals surface area contributed by atoms with E-state index in [1.54, 1.807) is 12.1 Å². The fourth-order valence-electron chi connectivity index (χ4n) is 3.76. The van der Waals surface area contributed by atoms with Gasteiger partial charge in [-0.15, -0.1) is 0 Å². The summed E-state index contributed by atoms with van der Waals surface area (Å²) in [5, 5.41) is 21.8. The molecule has 9 nitrogen and oxygen atoms in total. The third kappa shape index (κ3) is 3.95. The predicted octanol–water partition coefficient (Wildman–Crippen LogP) is 1.56. The molecular formula is C20H21FIN3O6. The Balaban J connectivity index is 1.56. The summed E-state index contributed by atoms with van der Waals surface area (Å²) in [6, 6.07) is 6.59. The van der Waals surface area contributed by atoms with Crippen molar-refractivity contribution in [1.82, 2.24) is 9.55 Å². The van der Waals surface area contributed by atoms with Crippen molar-refractivity contribution in [3.63, 3.8) is 0 Å². The quantitative estimate of drug-likeness (QED) is 0.394. The molecule has 3 heterocycles. The van der Waals surface area contributed by atoms with Gasteiger partial charge in [0.2, 0.25) is 3.68 Å². The van der Waals surface area contributed by atoms with Crippen LogP contribution in [0.3, 0.4) is 0 Å². The number of aliphatic hydroxyl groups is 2. The molecule has 2 unspecified atom stereocenters. The standard InChI is InChI=1S/C20H21FIN3O6/c1-19(2)8-10-4-3-5-11(14(10)31-19)16(28)23-13-6-7-25(18(29)24-13)17-20(21,22)15(27)12(9-26)30-17/h3-7,12,15,17,26-27H,8-9H2,1-2H3,(H,23,24,28,29)/t12-,15-,17?,20?/m1/s1. The number of nitrogens with zero attached hydrogens (tertiary/aromatic N) is 2. The first-order valence-electron chi connectivity index (χ1n) is 9.57. The lowest BCUT2D eigenvalue weighted by Gasteiger charge is -2.23. The van der Waals surface area contributed by atoms with Crippen molar-refractivity contribution in [3.8, 4) is 5.75 Å². The molecule has 1 aromatic heterocycles. The van der Waals surface area contributed by atoms with Crippen LogP contribution in [0.4, 0.5) is 10.2 Å². The Hall–Kier alpha value is -2.09. The van der Waals surface area contributed by atoms with E-state index in [1.807, 2.05) is 19.9 Å². The second kappa shape index (κ2) is 7.80. The van der Waals surface area contributed by atoms with Crippen molar-refractivity contribution in [3.05, 3.63) is 52.1 Å². The Morgan fingerprint density at radius 1 is 1.42 bits per heavy atom. The van der Waals surface area contributed by atoms with E-state index in [0.717, 1.165) is 10.1 Å². The maximum atomic E-state index is 14.9. The van der Waals surface area contributed by atoms with Crippen molar-refractivity contribution < 1.29 is 28.9 Å². The lowest BCUT2D eigenvalue weighted by atomic mass is 10.0. The maximum absolute atomic E-state index is 14.9. The monoisotopic (exact) mass is 545 g/mol. The molecule has 0 spiro atoms. The normalized spacial score (nSPS) is 28.8. The number of alkyl halides is 2. The Kier molecular flexibility index (Phi) is 5.56. The van der Waals surface area contributed by atoms with Gasteiger partial charge in [0, 0.05) is 12.6 Å². The van der Waals surface area contributed by atoms with E-state index in [0.29, 0.717) is 17.7 Å². The third-order valence-electron chi connectivity index (χ3n) is 5.22. The van der Waals surface area contributed by atoms with E-state index in [-0.39, 0.29) is 5.82 Å². The molecule has 3 N–H and O–H groups in total. The van der Waals surface area contributed by atoms with Gasteiger partial charge in [-0.05, 0) is 54.1 Å². The molecule has 0 saturated carbocycles. The van der Waals surface area contributed by atoms with Crippen LogP contribution in [0.5, 0.6) is 5.75 Å². The number of rotatable bonds is 4. The molecule has 1 fully saturated rings. The maximum Gasteiger partial charge on any atom is 0.351 e. The molecule has 1 saturated heterocycles. The Morgan fingerprint density at radius 3 is 2.81 bits per heavy atom. The third-order valence-corrected chi connectivity index (χ3v) is 6.39. The van der Waals surface area contributed by atoms with Crippen LogP contribution < -0.4 is 15.7 Å². The van der Waals surface area contributed by atoms with Gasteiger partial charge in [-0.1, -0.05) is 12.1 Å². The van der Waals surface area contributed by atoms with Crippen LogP contribution in [0, 0.1) is 0 Å². The highest BCUT2D eigenvalue weighted by molar-refractivity contribution is 14.1. The summed E-state index contributed by atoms with van der Waals surface area (Å²) in [4.78, 5) is 29.1. The number of fused-ring (bicyclic) bond motifs is 1. The summed E-state index contributed by atoms with van der Waals surface area (Å²) in [7, 11) is 0. The number of carbonyl (C=O) groups excluding carboxylic acids is 1. The number of hydrogen-bond donors (Lipinski definition) is 3. The number of aromatic nitrogens is 2.